The number of halogens is 4. The fraction of sp³-hybridized carbons (Fsp3) is 0.409. The number of alkyl halides is 3. The highest BCUT2D eigenvalue weighted by atomic mass is 35.5. The zero-order valence-electron chi connectivity index (χ0n) is 17.8. The highest BCUT2D eigenvalue weighted by Crippen LogP contribution is 2.35. The van der Waals surface area contributed by atoms with Gasteiger partial charge in [0.05, 0.1) is 16.3 Å². The average molecular weight is 483 g/mol. The van der Waals surface area contributed by atoms with Crippen LogP contribution in [0.1, 0.15) is 18.9 Å². The van der Waals surface area contributed by atoms with Crippen molar-refractivity contribution in [1.82, 2.24) is 9.88 Å². The minimum atomic E-state index is -4.51. The van der Waals surface area contributed by atoms with E-state index in [1.54, 1.807) is 39.8 Å². The molecule has 1 aromatic carbocycles. The summed E-state index contributed by atoms with van der Waals surface area (Å²) in [6.45, 7) is 3.44. The van der Waals surface area contributed by atoms with Gasteiger partial charge in [-0.1, -0.05) is 23.7 Å². The normalized spacial score (nSPS) is 18.8. The monoisotopic (exact) mass is 482 g/mol. The van der Waals surface area contributed by atoms with E-state index < -0.39 is 17.8 Å². The third-order valence-corrected chi connectivity index (χ3v) is 5.98. The van der Waals surface area contributed by atoms with Crippen LogP contribution in [0, 0.1) is 0 Å². The first-order chi connectivity index (χ1) is 15.6. The molecule has 0 N–H and O–H groups in total. The number of carbonyl (C=O) groups is 2. The van der Waals surface area contributed by atoms with Gasteiger partial charge in [0.2, 0.25) is 5.91 Å². The van der Waals surface area contributed by atoms with Crippen molar-refractivity contribution in [2.75, 3.05) is 42.5 Å². The number of aromatic nitrogens is 1. The zero-order valence-corrected chi connectivity index (χ0v) is 18.6. The maximum atomic E-state index is 12.8. The molecule has 1 fully saturated rings. The summed E-state index contributed by atoms with van der Waals surface area (Å²) in [7, 11) is 0. The summed E-state index contributed by atoms with van der Waals surface area (Å²) in [5.41, 5.74) is -0.264. The van der Waals surface area contributed by atoms with Gasteiger partial charge in [-0.15, -0.1) is 0 Å². The van der Waals surface area contributed by atoms with E-state index in [4.69, 9.17) is 16.3 Å². The number of piperazine rings is 1. The largest absolute Gasteiger partial charge is 0.479 e. The van der Waals surface area contributed by atoms with E-state index in [-0.39, 0.29) is 35.6 Å². The standard InChI is InChI=1S/C22H22ClF3N4O3/c1-14-21(32)30(17-4-2-3-5-18(17)33-14)7-6-19(31)28-8-10-29(11-9-28)20-16(23)12-15(13-27-20)22(24,25)26/h2-5,12-14H,6-11H2,1H3. The first-order valence-corrected chi connectivity index (χ1v) is 10.9. The van der Waals surface area contributed by atoms with Crippen LogP contribution in [0.2, 0.25) is 5.02 Å². The van der Waals surface area contributed by atoms with Crippen LogP contribution >= 0.6 is 11.6 Å². The van der Waals surface area contributed by atoms with E-state index in [2.05, 4.69) is 4.98 Å². The van der Waals surface area contributed by atoms with Crippen LogP contribution in [0.3, 0.4) is 0 Å². The highest BCUT2D eigenvalue weighted by Gasteiger charge is 2.34. The van der Waals surface area contributed by atoms with Gasteiger partial charge in [0, 0.05) is 45.3 Å². The molecule has 33 heavy (non-hydrogen) atoms. The lowest BCUT2D eigenvalue weighted by molar-refractivity contribution is -0.138. The summed E-state index contributed by atoms with van der Waals surface area (Å²) in [5.74, 6) is 0.563. The quantitative estimate of drug-likeness (QED) is 0.666. The molecule has 176 valence electrons. The number of hydrogen-bond acceptors (Lipinski definition) is 5. The van der Waals surface area contributed by atoms with Crippen molar-refractivity contribution in [3.8, 4) is 5.75 Å². The van der Waals surface area contributed by atoms with E-state index >= 15 is 0 Å². The van der Waals surface area contributed by atoms with E-state index in [9.17, 15) is 22.8 Å². The SMILES string of the molecule is CC1Oc2ccccc2N(CCC(=O)N2CCN(c3ncc(C(F)(F)F)cc3Cl)CC2)C1=O. The molecular formula is C22H22ClF3N4O3. The topological polar surface area (TPSA) is 66.0 Å². The molecule has 0 aliphatic carbocycles. The molecule has 1 saturated heterocycles. The molecule has 2 aliphatic rings. The number of rotatable bonds is 4. The second-order valence-electron chi connectivity index (χ2n) is 7.86. The number of nitrogens with zero attached hydrogens (tertiary/aromatic N) is 4. The van der Waals surface area contributed by atoms with Crippen LogP contribution in [0.4, 0.5) is 24.7 Å². The van der Waals surface area contributed by atoms with Crippen LogP contribution in [0.5, 0.6) is 5.75 Å². The van der Waals surface area contributed by atoms with Gasteiger partial charge in [-0.2, -0.15) is 13.2 Å². The Kier molecular flexibility index (Phi) is 6.38. The van der Waals surface area contributed by atoms with E-state index in [1.165, 1.54) is 0 Å². The Bertz CT molecular complexity index is 1060. The van der Waals surface area contributed by atoms with Crippen LogP contribution in [-0.2, 0) is 15.8 Å². The number of hydrogen-bond donors (Lipinski definition) is 0. The van der Waals surface area contributed by atoms with Gasteiger partial charge in [-0.05, 0) is 25.1 Å². The minimum Gasteiger partial charge on any atom is -0.479 e. The molecular weight excluding hydrogens is 461 g/mol. The van der Waals surface area contributed by atoms with Crippen molar-refractivity contribution in [2.45, 2.75) is 25.6 Å². The Balaban J connectivity index is 1.35. The molecule has 0 radical (unpaired) electrons. The number of benzene rings is 1. The van der Waals surface area contributed by atoms with Gasteiger partial charge >= 0.3 is 6.18 Å². The molecule has 3 heterocycles. The van der Waals surface area contributed by atoms with Crippen molar-refractivity contribution in [3.63, 3.8) is 0 Å². The molecule has 0 saturated carbocycles. The Morgan fingerprint density at radius 2 is 1.91 bits per heavy atom. The lowest BCUT2D eigenvalue weighted by Gasteiger charge is -2.37. The highest BCUT2D eigenvalue weighted by molar-refractivity contribution is 6.33. The van der Waals surface area contributed by atoms with Crippen molar-refractivity contribution in [1.29, 1.82) is 0 Å². The molecule has 0 bridgehead atoms. The zero-order chi connectivity index (χ0) is 23.8. The van der Waals surface area contributed by atoms with Gasteiger partial charge in [0.1, 0.15) is 11.6 Å². The van der Waals surface area contributed by atoms with Crippen molar-refractivity contribution in [2.24, 2.45) is 0 Å². The summed E-state index contributed by atoms with van der Waals surface area (Å²) in [5, 5.41) is -0.0804. The molecule has 0 spiro atoms. The first-order valence-electron chi connectivity index (χ1n) is 10.5. The maximum absolute atomic E-state index is 12.8. The number of anilines is 2. The molecule has 2 aromatic rings. The predicted octanol–water partition coefficient (Wildman–Crippen LogP) is 3.61. The second-order valence-corrected chi connectivity index (χ2v) is 8.27. The fourth-order valence-electron chi connectivity index (χ4n) is 3.94. The summed E-state index contributed by atoms with van der Waals surface area (Å²) in [6.07, 6.45) is -4.23. The number of amides is 2. The first kappa shape index (κ1) is 23.2. The molecule has 1 atom stereocenters. The Labute approximate surface area is 193 Å². The Morgan fingerprint density at radius 1 is 1.21 bits per heavy atom. The van der Waals surface area contributed by atoms with E-state index in [0.29, 0.717) is 37.6 Å². The van der Waals surface area contributed by atoms with Gasteiger partial charge in [-0.3, -0.25) is 9.59 Å². The summed E-state index contributed by atoms with van der Waals surface area (Å²) in [4.78, 5) is 34.2. The Hall–Kier alpha value is -3.01. The number of fused-ring (bicyclic) bond motifs is 1. The van der Waals surface area contributed by atoms with Gasteiger partial charge in [0.15, 0.2) is 6.10 Å². The molecule has 4 rings (SSSR count). The van der Waals surface area contributed by atoms with Crippen LogP contribution in [-0.4, -0.2) is 60.5 Å². The molecule has 2 amide bonds. The van der Waals surface area contributed by atoms with E-state index in [0.717, 1.165) is 12.3 Å². The molecule has 1 unspecified atom stereocenters. The van der Waals surface area contributed by atoms with E-state index in [1.807, 2.05) is 6.07 Å². The molecule has 7 nitrogen and oxygen atoms in total. The predicted molar refractivity (Wildman–Crippen MR) is 117 cm³/mol. The van der Waals surface area contributed by atoms with Gasteiger partial charge < -0.3 is 19.4 Å². The van der Waals surface area contributed by atoms with Crippen molar-refractivity contribution in [3.05, 3.63) is 47.1 Å². The number of pyridine rings is 1. The second kappa shape index (κ2) is 9.09. The number of ether oxygens (including phenoxy) is 1. The molecule has 1 aromatic heterocycles. The average Bonchev–Trinajstić information content (AvgIpc) is 2.78. The van der Waals surface area contributed by atoms with Crippen LogP contribution < -0.4 is 14.5 Å². The van der Waals surface area contributed by atoms with Crippen molar-refractivity contribution >= 4 is 34.9 Å². The fourth-order valence-corrected chi connectivity index (χ4v) is 4.23. The molecule has 2 aliphatic heterocycles. The third kappa shape index (κ3) is 4.85. The van der Waals surface area contributed by atoms with Crippen LogP contribution in [0.25, 0.3) is 0 Å². The lowest BCUT2D eigenvalue weighted by Crippen LogP contribution is -2.50. The van der Waals surface area contributed by atoms with Crippen LogP contribution in [0.15, 0.2) is 36.5 Å². The lowest BCUT2D eigenvalue weighted by atomic mass is 10.1. The number of carbonyl (C=O) groups excluding carboxylic acids is 2. The summed E-state index contributed by atoms with van der Waals surface area (Å²) in [6, 6.07) is 8.05. The summed E-state index contributed by atoms with van der Waals surface area (Å²) < 4.78 is 44.1. The maximum Gasteiger partial charge on any atom is 0.417 e. The Morgan fingerprint density at radius 3 is 2.58 bits per heavy atom. The smallest absolute Gasteiger partial charge is 0.417 e. The third-order valence-electron chi connectivity index (χ3n) is 5.70. The number of para-hydroxylation sites is 2. The van der Waals surface area contributed by atoms with Crippen molar-refractivity contribution < 1.29 is 27.5 Å². The summed E-state index contributed by atoms with van der Waals surface area (Å²) >= 11 is 6.04. The van der Waals surface area contributed by atoms with Gasteiger partial charge in [0.25, 0.3) is 5.91 Å². The molecule has 11 heteroatoms. The van der Waals surface area contributed by atoms with Gasteiger partial charge in [-0.25, -0.2) is 4.98 Å². The minimum absolute atomic E-state index is 0.0804.